The molecule has 0 spiro atoms. The Bertz CT molecular complexity index is 3000. The summed E-state index contributed by atoms with van der Waals surface area (Å²) in [6.07, 6.45) is -0.280. The summed E-state index contributed by atoms with van der Waals surface area (Å²) < 4.78 is 59.9. The number of fused-ring (bicyclic) bond motifs is 3. The first-order valence-corrected chi connectivity index (χ1v) is 24.5. The Kier molecular flexibility index (Phi) is 15.4. The lowest BCUT2D eigenvalue weighted by Crippen LogP contribution is -2.54. The first-order chi connectivity index (χ1) is 34.1. The lowest BCUT2D eigenvalue weighted by atomic mass is 9.86. The van der Waals surface area contributed by atoms with Crippen molar-refractivity contribution in [2.24, 2.45) is 7.05 Å². The number of rotatable bonds is 21. The van der Waals surface area contributed by atoms with Gasteiger partial charge in [-0.15, -0.1) is 5.10 Å². The van der Waals surface area contributed by atoms with Gasteiger partial charge in [0.05, 0.1) is 50.5 Å². The van der Waals surface area contributed by atoms with Crippen LogP contribution in [-0.2, 0) is 52.3 Å². The van der Waals surface area contributed by atoms with Crippen molar-refractivity contribution in [2.45, 2.75) is 75.5 Å². The lowest BCUT2D eigenvalue weighted by Gasteiger charge is -2.27. The van der Waals surface area contributed by atoms with Crippen LogP contribution in [0.1, 0.15) is 87.9 Å². The molecule has 5 amide bonds. The molecule has 3 unspecified atom stereocenters. The summed E-state index contributed by atoms with van der Waals surface area (Å²) in [6.45, 7) is 4.48. The molecule has 374 valence electrons. The number of para-hydroxylation sites is 1. The monoisotopic (exact) mass is 995 g/mol. The summed E-state index contributed by atoms with van der Waals surface area (Å²) in [6, 6.07) is 19.1. The minimum Gasteiger partial charge on any atom is -0.493 e. The summed E-state index contributed by atoms with van der Waals surface area (Å²) in [5.41, 5.74) is 4.04. The van der Waals surface area contributed by atoms with E-state index in [1.54, 1.807) is 48.1 Å². The van der Waals surface area contributed by atoms with Crippen molar-refractivity contribution in [2.75, 3.05) is 46.3 Å². The van der Waals surface area contributed by atoms with Crippen LogP contribution in [-0.4, -0.2) is 132 Å². The molecule has 22 heteroatoms. The summed E-state index contributed by atoms with van der Waals surface area (Å²) in [5, 5.41) is 23.4. The number of carbonyl (C=O) groups is 6. The van der Waals surface area contributed by atoms with Crippen molar-refractivity contribution in [1.82, 2.24) is 34.8 Å². The number of benzene rings is 4. The van der Waals surface area contributed by atoms with Crippen LogP contribution in [0.15, 0.2) is 77.7 Å². The molecule has 21 nitrogen and oxygen atoms in total. The second-order valence-electron chi connectivity index (χ2n) is 17.3. The van der Waals surface area contributed by atoms with Crippen LogP contribution < -0.4 is 24.8 Å². The molecule has 0 saturated carbocycles. The fourth-order valence-electron chi connectivity index (χ4n) is 8.79. The number of aliphatic carboxylic acids is 1. The van der Waals surface area contributed by atoms with E-state index in [1.165, 1.54) is 22.5 Å². The molecule has 1 fully saturated rings. The minimum absolute atomic E-state index is 0.00486. The first kappa shape index (κ1) is 50.1. The number of aryl methyl sites for hydroxylation is 2. The normalized spacial score (nSPS) is 18.0. The third-order valence-corrected chi connectivity index (χ3v) is 14.2. The SMILES string of the molecule is Cc1ccc(C(CC(=O)O)c2cc(OCCOCCOCNC(=O)CCCOc3cccc4c3C(=O)N(C3CCC(=O)NC3=O)C4=O)c3c(c2)nnn3C)cc1CN1CC(C)Oc2ccccc2S1(=O)=O. The average Bonchev–Trinajstić information content (AvgIpc) is 3.81. The van der Waals surface area contributed by atoms with Gasteiger partial charge in [0.2, 0.25) is 27.7 Å². The summed E-state index contributed by atoms with van der Waals surface area (Å²) in [5.74, 6) is -3.64. The number of hydrogen-bond donors (Lipinski definition) is 3. The number of carboxylic acids is 1. The van der Waals surface area contributed by atoms with E-state index in [1.807, 2.05) is 32.0 Å². The van der Waals surface area contributed by atoms with E-state index in [0.717, 1.165) is 10.5 Å². The molecule has 3 aliphatic rings. The number of carboxylic acid groups (broad SMARTS) is 1. The maximum absolute atomic E-state index is 13.9. The van der Waals surface area contributed by atoms with E-state index < -0.39 is 57.7 Å². The third kappa shape index (κ3) is 11.2. The van der Waals surface area contributed by atoms with Gasteiger partial charge in [-0.1, -0.05) is 41.6 Å². The van der Waals surface area contributed by atoms with Crippen LogP contribution in [0.2, 0.25) is 0 Å². The zero-order valence-corrected chi connectivity index (χ0v) is 40.1. The molecule has 1 saturated heterocycles. The highest BCUT2D eigenvalue weighted by molar-refractivity contribution is 7.89. The molecular formula is C49H53N7O14S. The molecule has 71 heavy (non-hydrogen) atoms. The fourth-order valence-corrected chi connectivity index (χ4v) is 10.4. The molecule has 0 bridgehead atoms. The summed E-state index contributed by atoms with van der Waals surface area (Å²) in [7, 11) is -2.21. The van der Waals surface area contributed by atoms with Gasteiger partial charge in [-0.05, 0) is 85.3 Å². The van der Waals surface area contributed by atoms with Gasteiger partial charge >= 0.3 is 5.97 Å². The molecule has 0 radical (unpaired) electrons. The molecule has 1 aromatic heterocycles. The fraction of sp³-hybridized carbons (Fsp3) is 0.388. The lowest BCUT2D eigenvalue weighted by molar-refractivity contribution is -0.138. The van der Waals surface area contributed by atoms with E-state index >= 15 is 0 Å². The largest absolute Gasteiger partial charge is 0.493 e. The van der Waals surface area contributed by atoms with Crippen LogP contribution in [0, 0.1) is 6.92 Å². The molecule has 5 aromatic rings. The maximum Gasteiger partial charge on any atom is 0.304 e. The Labute approximate surface area is 408 Å². The molecule has 8 rings (SSSR count). The number of aromatic nitrogens is 3. The molecule has 4 heterocycles. The smallest absolute Gasteiger partial charge is 0.304 e. The predicted molar refractivity (Wildman–Crippen MR) is 251 cm³/mol. The second-order valence-corrected chi connectivity index (χ2v) is 19.2. The quantitative estimate of drug-likeness (QED) is 0.0539. The standard InChI is InChI=1S/C49H53N7O14S/c1-29-13-14-31(22-33(29)27-55-26-30(2)70-38-9-4-5-11-41(38)71(55,64)65)35(25-44(59)60)32-23-36-46(54(3)53-52-36)40(24-32)69-21-20-66-18-19-67-28-50-42(57)12-7-17-68-39-10-6-8-34-45(39)49(63)56(48(34)62)37-15-16-43(58)51-47(37)61/h4-6,8-11,13-14,22-24,30,35,37H,7,12,15-21,25-28H2,1-3H3,(H,50,57)(H,59,60)(H,51,58,61). The number of hydrogen-bond acceptors (Lipinski definition) is 15. The number of nitrogens with one attached hydrogen (secondary N) is 2. The van der Waals surface area contributed by atoms with Gasteiger partial charge in [0.15, 0.2) is 0 Å². The van der Waals surface area contributed by atoms with Gasteiger partial charge in [-0.2, -0.15) is 4.31 Å². The Balaban J connectivity index is 0.796. The highest BCUT2D eigenvalue weighted by atomic mass is 32.2. The van der Waals surface area contributed by atoms with Gasteiger partial charge in [0.25, 0.3) is 11.8 Å². The molecule has 3 atom stereocenters. The van der Waals surface area contributed by atoms with E-state index in [0.29, 0.717) is 39.2 Å². The number of ether oxygens (including phenoxy) is 5. The van der Waals surface area contributed by atoms with Crippen LogP contribution in [0.4, 0.5) is 0 Å². The van der Waals surface area contributed by atoms with Crippen molar-refractivity contribution in [3.63, 3.8) is 0 Å². The molecule has 3 N–H and O–H groups in total. The number of nitrogens with zero attached hydrogens (tertiary/aromatic N) is 5. The van der Waals surface area contributed by atoms with E-state index in [4.69, 9.17) is 23.7 Å². The van der Waals surface area contributed by atoms with Gasteiger partial charge in [0.1, 0.15) is 58.7 Å². The number of piperidine rings is 1. The van der Waals surface area contributed by atoms with Crippen molar-refractivity contribution in [1.29, 1.82) is 0 Å². The van der Waals surface area contributed by atoms with Crippen LogP contribution >= 0.6 is 0 Å². The highest BCUT2D eigenvalue weighted by Gasteiger charge is 2.46. The number of imide groups is 2. The van der Waals surface area contributed by atoms with Crippen molar-refractivity contribution < 1.29 is 66.0 Å². The van der Waals surface area contributed by atoms with Crippen molar-refractivity contribution in [3.05, 3.63) is 106 Å². The first-order valence-electron chi connectivity index (χ1n) is 23.0. The number of sulfonamides is 1. The topological polar surface area (TPSA) is 264 Å². The Morgan fingerprint density at radius 3 is 2.49 bits per heavy atom. The zero-order chi connectivity index (χ0) is 50.4. The average molecular weight is 996 g/mol. The van der Waals surface area contributed by atoms with Gasteiger partial charge < -0.3 is 34.1 Å². The summed E-state index contributed by atoms with van der Waals surface area (Å²) >= 11 is 0. The minimum atomic E-state index is -3.92. The van der Waals surface area contributed by atoms with Crippen LogP contribution in [0.25, 0.3) is 11.0 Å². The molecule has 3 aliphatic heterocycles. The van der Waals surface area contributed by atoms with Crippen molar-refractivity contribution in [3.8, 4) is 17.2 Å². The maximum atomic E-state index is 13.9. The number of carbonyl (C=O) groups excluding carboxylic acids is 5. The van der Waals surface area contributed by atoms with E-state index in [9.17, 15) is 42.3 Å². The Morgan fingerprint density at radius 1 is 0.915 bits per heavy atom. The molecule has 0 aliphatic carbocycles. The Morgan fingerprint density at radius 2 is 1.69 bits per heavy atom. The second kappa shape index (κ2) is 21.8. The molecule has 4 aromatic carbocycles. The highest BCUT2D eigenvalue weighted by Crippen LogP contribution is 2.38. The van der Waals surface area contributed by atoms with Crippen LogP contribution in [0.3, 0.4) is 0 Å². The zero-order valence-electron chi connectivity index (χ0n) is 39.3. The number of amides is 5. The van der Waals surface area contributed by atoms with E-state index in [2.05, 4.69) is 20.9 Å². The Hall–Kier alpha value is -7.27. The van der Waals surface area contributed by atoms with Gasteiger partial charge in [-0.25, -0.2) is 13.1 Å². The predicted octanol–water partition coefficient (Wildman–Crippen LogP) is 3.60. The van der Waals surface area contributed by atoms with Crippen molar-refractivity contribution >= 4 is 56.6 Å². The van der Waals surface area contributed by atoms with E-state index in [-0.39, 0.29) is 113 Å². The molecular weight excluding hydrogens is 943 g/mol. The van der Waals surface area contributed by atoms with Crippen LogP contribution in [0.5, 0.6) is 17.2 Å². The van der Waals surface area contributed by atoms with Gasteiger partial charge in [-0.3, -0.25) is 39.0 Å². The van der Waals surface area contributed by atoms with Gasteiger partial charge in [0, 0.05) is 32.4 Å². The third-order valence-electron chi connectivity index (χ3n) is 12.3. The summed E-state index contributed by atoms with van der Waals surface area (Å²) in [4.78, 5) is 76.1.